The molecule has 0 saturated carbocycles. The van der Waals surface area contributed by atoms with Crippen molar-refractivity contribution >= 4 is 0 Å². The van der Waals surface area contributed by atoms with E-state index in [0.717, 1.165) is 0 Å². The summed E-state index contributed by atoms with van der Waals surface area (Å²) in [5.74, 6) is 4.88. The Hall–Kier alpha value is -1.85. The smallest absolute Gasteiger partial charge is 0.120 e. The van der Waals surface area contributed by atoms with Gasteiger partial charge in [-0.15, -0.1) is 12.8 Å². The van der Waals surface area contributed by atoms with Gasteiger partial charge >= 0.3 is 0 Å². The third kappa shape index (κ3) is 2.23. The molecule has 1 aromatic heterocycles. The number of ether oxygens (including phenoxy) is 1. The second-order valence-electron chi connectivity index (χ2n) is 4.07. The Bertz CT molecular complexity index is 527. The van der Waals surface area contributed by atoms with Gasteiger partial charge < -0.3 is 14.9 Å². The summed E-state index contributed by atoms with van der Waals surface area (Å²) >= 11 is 0. The second kappa shape index (κ2) is 5.20. The van der Waals surface area contributed by atoms with Gasteiger partial charge in [-0.05, 0) is 12.0 Å². The molecule has 1 saturated heterocycles. The summed E-state index contributed by atoms with van der Waals surface area (Å²) in [6.07, 6.45) is 9.41. The van der Waals surface area contributed by atoms with Crippen LogP contribution in [-0.2, 0) is 4.74 Å². The number of hydrogen-bond donors (Lipinski definition) is 2. The maximum atomic E-state index is 9.70. The van der Waals surface area contributed by atoms with Crippen LogP contribution in [0.5, 0.6) is 0 Å². The fourth-order valence-electron chi connectivity index (χ4n) is 2.02. The van der Waals surface area contributed by atoms with E-state index in [9.17, 15) is 5.11 Å². The molecule has 92 valence electrons. The lowest BCUT2D eigenvalue weighted by Crippen LogP contribution is -2.24. The lowest BCUT2D eigenvalue weighted by molar-refractivity contribution is -0.0226. The molecule has 4 heteroatoms. The first-order valence-electron chi connectivity index (χ1n) is 5.58. The van der Waals surface area contributed by atoms with Gasteiger partial charge in [0, 0.05) is 12.0 Å². The fourth-order valence-corrected chi connectivity index (χ4v) is 2.02. The Morgan fingerprint density at radius 2 is 2.17 bits per heavy atom. The molecule has 1 aliphatic heterocycles. The van der Waals surface area contributed by atoms with Crippen LogP contribution < -0.4 is 0 Å². The highest BCUT2D eigenvalue weighted by molar-refractivity contribution is 5.40. The molecule has 18 heavy (non-hydrogen) atoms. The minimum atomic E-state index is -0.696. The van der Waals surface area contributed by atoms with Gasteiger partial charge in [0.05, 0.1) is 18.8 Å². The van der Waals surface area contributed by atoms with Crippen molar-refractivity contribution in [2.45, 2.75) is 24.7 Å². The van der Waals surface area contributed by atoms with E-state index in [1.807, 2.05) is 0 Å². The molecule has 1 aliphatic rings. The molecular weight excluding hydrogens is 230 g/mol. The van der Waals surface area contributed by atoms with Crippen molar-refractivity contribution in [3.05, 3.63) is 29.1 Å². The molecule has 2 N–H and O–H groups in total. The predicted octanol–water partition coefficient (Wildman–Crippen LogP) is 0.227. The summed E-state index contributed by atoms with van der Waals surface area (Å²) < 4.78 is 5.54. The van der Waals surface area contributed by atoms with Crippen LogP contribution in [0.3, 0.4) is 0 Å². The number of aliphatic hydroxyl groups is 2. The summed E-state index contributed by atoms with van der Waals surface area (Å²) in [6, 6.07) is 3.44. The van der Waals surface area contributed by atoms with Crippen LogP contribution >= 0.6 is 0 Å². The van der Waals surface area contributed by atoms with Crippen LogP contribution in [0.15, 0.2) is 12.1 Å². The molecule has 0 aromatic carbocycles. The molecular formula is C14H13NO3. The lowest BCUT2D eigenvalue weighted by atomic mass is 10.0. The first kappa shape index (κ1) is 12.6. The average molecular weight is 243 g/mol. The normalized spacial score (nSPS) is 26.6. The van der Waals surface area contributed by atoms with Crippen LogP contribution in [0.25, 0.3) is 0 Å². The highest BCUT2D eigenvalue weighted by atomic mass is 16.5. The van der Waals surface area contributed by atoms with Crippen LogP contribution in [0.2, 0.25) is 0 Å². The van der Waals surface area contributed by atoms with E-state index in [1.165, 1.54) is 0 Å². The Kier molecular flexibility index (Phi) is 3.64. The third-order valence-corrected chi connectivity index (χ3v) is 2.96. The molecule has 2 heterocycles. The van der Waals surface area contributed by atoms with Gasteiger partial charge in [-0.2, -0.15) is 0 Å². The number of terminal acetylenes is 2. The van der Waals surface area contributed by atoms with Gasteiger partial charge in [0.1, 0.15) is 17.5 Å². The second-order valence-corrected chi connectivity index (χ2v) is 4.07. The van der Waals surface area contributed by atoms with Crippen molar-refractivity contribution in [3.8, 4) is 24.7 Å². The van der Waals surface area contributed by atoms with Gasteiger partial charge in [-0.1, -0.05) is 12.0 Å². The van der Waals surface area contributed by atoms with Crippen LogP contribution in [-0.4, -0.2) is 34.0 Å². The van der Waals surface area contributed by atoms with Gasteiger partial charge in [-0.25, -0.2) is 4.98 Å². The van der Waals surface area contributed by atoms with Crippen molar-refractivity contribution in [2.75, 3.05) is 6.61 Å². The van der Waals surface area contributed by atoms with E-state index in [2.05, 4.69) is 16.8 Å². The largest absolute Gasteiger partial charge is 0.394 e. The summed E-state index contributed by atoms with van der Waals surface area (Å²) in [4.78, 5) is 4.13. The van der Waals surface area contributed by atoms with E-state index < -0.39 is 12.2 Å². The Balaban J connectivity index is 2.30. The number of rotatable bonds is 2. The highest BCUT2D eigenvalue weighted by Gasteiger charge is 2.35. The van der Waals surface area contributed by atoms with Crippen LogP contribution in [0, 0.1) is 24.7 Å². The molecule has 3 atom stereocenters. The maximum absolute atomic E-state index is 9.70. The number of aliphatic hydroxyl groups excluding tert-OH is 2. The Labute approximate surface area is 106 Å². The first-order valence-corrected chi connectivity index (χ1v) is 5.58. The van der Waals surface area contributed by atoms with Gasteiger partial charge in [0.15, 0.2) is 0 Å². The molecule has 0 aliphatic carbocycles. The minimum absolute atomic E-state index is 0.223. The number of pyridine rings is 1. The predicted molar refractivity (Wildman–Crippen MR) is 65.4 cm³/mol. The van der Waals surface area contributed by atoms with Crippen molar-refractivity contribution < 1.29 is 14.9 Å². The third-order valence-electron chi connectivity index (χ3n) is 2.96. The SMILES string of the molecule is C#Cc1ccc([C@H]2C[C@H](O)[C@@H](CO)O2)c(C#C)n1. The lowest BCUT2D eigenvalue weighted by Gasteiger charge is -2.13. The molecule has 1 aromatic rings. The van der Waals surface area contributed by atoms with E-state index >= 15 is 0 Å². The van der Waals surface area contributed by atoms with Gasteiger partial charge in [-0.3, -0.25) is 0 Å². The van der Waals surface area contributed by atoms with E-state index in [-0.39, 0.29) is 12.7 Å². The molecule has 0 unspecified atom stereocenters. The van der Waals surface area contributed by atoms with Crippen molar-refractivity contribution in [1.82, 2.24) is 4.98 Å². The van der Waals surface area contributed by atoms with Gasteiger partial charge in [0.2, 0.25) is 0 Å². The Morgan fingerprint density at radius 3 is 2.72 bits per heavy atom. The topological polar surface area (TPSA) is 62.6 Å². The van der Waals surface area contributed by atoms with Crippen molar-refractivity contribution in [2.24, 2.45) is 0 Å². The summed E-state index contributed by atoms with van der Waals surface area (Å²) in [5, 5.41) is 18.7. The molecule has 0 amide bonds. The van der Waals surface area contributed by atoms with Gasteiger partial charge in [0.25, 0.3) is 0 Å². The zero-order valence-corrected chi connectivity index (χ0v) is 9.71. The van der Waals surface area contributed by atoms with Crippen LogP contribution in [0.4, 0.5) is 0 Å². The fraction of sp³-hybridized carbons (Fsp3) is 0.357. The van der Waals surface area contributed by atoms with Crippen molar-refractivity contribution in [3.63, 3.8) is 0 Å². The number of hydrogen-bond acceptors (Lipinski definition) is 4. The zero-order valence-electron chi connectivity index (χ0n) is 9.71. The average Bonchev–Trinajstić information content (AvgIpc) is 2.79. The quantitative estimate of drug-likeness (QED) is 0.730. The molecule has 0 radical (unpaired) electrons. The van der Waals surface area contributed by atoms with E-state index in [4.69, 9.17) is 22.7 Å². The summed E-state index contributed by atoms with van der Waals surface area (Å²) in [6.45, 7) is -0.223. The first-order chi connectivity index (χ1) is 8.69. The number of aromatic nitrogens is 1. The highest BCUT2D eigenvalue weighted by Crippen LogP contribution is 2.34. The molecule has 0 bridgehead atoms. The van der Waals surface area contributed by atoms with E-state index in [1.54, 1.807) is 12.1 Å². The summed E-state index contributed by atoms with van der Waals surface area (Å²) in [7, 11) is 0. The maximum Gasteiger partial charge on any atom is 0.120 e. The summed E-state index contributed by atoms with van der Waals surface area (Å²) in [5.41, 5.74) is 1.59. The van der Waals surface area contributed by atoms with Crippen LogP contribution in [0.1, 0.15) is 29.5 Å². The van der Waals surface area contributed by atoms with Crippen molar-refractivity contribution in [1.29, 1.82) is 0 Å². The Morgan fingerprint density at radius 1 is 1.39 bits per heavy atom. The standard InChI is InChI=1S/C14H13NO3/c1-3-9-5-6-10(11(4-2)15-9)13-7-12(17)14(8-16)18-13/h1-2,5-6,12-14,16-17H,7-8H2/t12-,13+,14+/m0/s1. The molecule has 1 fully saturated rings. The molecule has 0 spiro atoms. The van der Waals surface area contributed by atoms with E-state index in [0.29, 0.717) is 23.4 Å². The molecule has 2 rings (SSSR count). The molecule has 4 nitrogen and oxygen atoms in total. The number of nitrogens with zero attached hydrogens (tertiary/aromatic N) is 1. The monoisotopic (exact) mass is 243 g/mol. The minimum Gasteiger partial charge on any atom is -0.394 e. The zero-order chi connectivity index (χ0) is 13.1.